The molecule has 16 aromatic carbocycles. The van der Waals surface area contributed by atoms with Crippen molar-refractivity contribution in [2.45, 2.75) is 0 Å². The molecule has 124 heavy (non-hydrogen) atoms. The van der Waals surface area contributed by atoms with Crippen LogP contribution in [-0.4, -0.2) is 49.0 Å². The Labute approximate surface area is 722 Å². The van der Waals surface area contributed by atoms with Crippen molar-refractivity contribution in [3.05, 3.63) is 425 Å². The van der Waals surface area contributed by atoms with Crippen LogP contribution < -0.4 is 0 Å². The Morgan fingerprint density at radius 2 is 0.532 bits per heavy atom. The molecule has 0 N–H and O–H groups in total. The predicted octanol–water partition coefficient (Wildman–Crippen LogP) is 29.5. The zero-order chi connectivity index (χ0) is 82.0. The first-order chi connectivity index (χ1) is 61.5. The number of hydrogen-bond donors (Lipinski definition) is 0. The highest BCUT2D eigenvalue weighted by atomic mass is 32.1. The van der Waals surface area contributed by atoms with Gasteiger partial charge in [0, 0.05) is 141 Å². The normalized spacial score (nSPS) is 11.5. The van der Waals surface area contributed by atoms with Gasteiger partial charge in [-0.2, -0.15) is 0 Å². The van der Waals surface area contributed by atoms with Crippen LogP contribution in [0.15, 0.2) is 425 Å². The second kappa shape index (κ2) is 31.2. The van der Waals surface area contributed by atoms with Crippen LogP contribution >= 0.6 is 22.7 Å². The van der Waals surface area contributed by atoms with Crippen LogP contribution in [0.4, 0.5) is 0 Å². The average molecular weight is 1620 g/mol. The summed E-state index contributed by atoms with van der Waals surface area (Å²) in [6.45, 7) is 0. The van der Waals surface area contributed by atoms with Gasteiger partial charge in [0.05, 0.1) is 33.5 Å². The monoisotopic (exact) mass is 1620 g/mol. The highest BCUT2D eigenvalue weighted by Gasteiger charge is 2.27. The smallest absolute Gasteiger partial charge is 0.166 e. The minimum Gasteiger partial charge on any atom is -0.309 e. The Balaban J connectivity index is 0.000000143. The van der Waals surface area contributed by atoms with Crippen molar-refractivity contribution in [3.63, 3.8) is 0 Å². The van der Waals surface area contributed by atoms with Gasteiger partial charge in [0.2, 0.25) is 0 Å². The number of thiophene rings is 2. The molecule has 10 nitrogen and oxygen atoms in total. The molecule has 8 heterocycles. The van der Waals surface area contributed by atoms with E-state index >= 15 is 0 Å². The van der Waals surface area contributed by atoms with Gasteiger partial charge in [-0.25, -0.2) is 29.9 Å². The number of pyridine rings is 2. The summed E-state index contributed by atoms with van der Waals surface area (Å²) in [7, 11) is 0. The zero-order valence-corrected chi connectivity index (χ0v) is 68.3. The van der Waals surface area contributed by atoms with Crippen molar-refractivity contribution in [1.29, 1.82) is 0 Å². The molecule has 0 unspecified atom stereocenters. The average Bonchev–Trinajstić information content (AvgIpc) is 1.58. The summed E-state index contributed by atoms with van der Waals surface area (Å²) in [5, 5.41) is 9.85. The Hall–Kier alpha value is -16.1. The van der Waals surface area contributed by atoms with E-state index < -0.39 is 0 Å². The lowest BCUT2D eigenvalue weighted by molar-refractivity contribution is 1.07. The van der Waals surface area contributed by atoms with Gasteiger partial charge in [0.15, 0.2) is 34.9 Å². The van der Waals surface area contributed by atoms with Gasteiger partial charge in [0.1, 0.15) is 0 Å². The first-order valence-corrected chi connectivity index (χ1v) is 43.1. The molecule has 0 saturated carbocycles. The largest absolute Gasteiger partial charge is 0.309 e. The number of hydrogen-bond acceptors (Lipinski definition) is 10. The van der Waals surface area contributed by atoms with Gasteiger partial charge >= 0.3 is 0 Å². The second-order valence-electron chi connectivity index (χ2n) is 30.9. The lowest BCUT2D eigenvalue weighted by Crippen LogP contribution is -2.02. The molecule has 0 spiro atoms. The van der Waals surface area contributed by atoms with E-state index in [-0.39, 0.29) is 0 Å². The number of fused-ring (bicyclic) bond motifs is 14. The fourth-order valence-corrected chi connectivity index (χ4v) is 20.0. The Kier molecular flexibility index (Phi) is 18.4. The van der Waals surface area contributed by atoms with Crippen molar-refractivity contribution >= 4 is 107 Å². The van der Waals surface area contributed by atoms with Crippen LogP contribution in [0.1, 0.15) is 0 Å². The van der Waals surface area contributed by atoms with Crippen molar-refractivity contribution in [2.24, 2.45) is 0 Å². The summed E-state index contributed by atoms with van der Waals surface area (Å²) in [6, 6.07) is 145. The maximum absolute atomic E-state index is 5.39. The zero-order valence-electron chi connectivity index (χ0n) is 66.7. The number of rotatable bonds is 14. The second-order valence-corrected chi connectivity index (χ2v) is 33.0. The first-order valence-electron chi connectivity index (χ1n) is 41.4. The molecule has 24 rings (SSSR count). The van der Waals surface area contributed by atoms with Gasteiger partial charge in [-0.3, -0.25) is 9.97 Å². The third kappa shape index (κ3) is 13.2. The van der Waals surface area contributed by atoms with E-state index in [0.717, 1.165) is 116 Å². The highest BCUT2D eigenvalue weighted by Crippen LogP contribution is 2.50. The molecule has 0 saturated heterocycles. The Bertz CT molecular complexity index is 8090. The molecule has 580 valence electrons. The minimum absolute atomic E-state index is 0.561. The molecule has 0 atom stereocenters. The maximum atomic E-state index is 5.39. The van der Waals surface area contributed by atoms with Crippen LogP contribution in [0.3, 0.4) is 0 Å². The summed E-state index contributed by atoms with van der Waals surface area (Å²) >= 11 is 3.63. The Morgan fingerprint density at radius 1 is 0.194 bits per heavy atom. The van der Waals surface area contributed by atoms with E-state index in [4.69, 9.17) is 39.9 Å². The summed E-state index contributed by atoms with van der Waals surface area (Å²) in [4.78, 5) is 41.7. The molecule has 0 fully saturated rings. The fraction of sp³-hybridized carbons (Fsp3) is 0. The van der Waals surface area contributed by atoms with Crippen LogP contribution in [0.25, 0.3) is 231 Å². The lowest BCUT2D eigenvalue weighted by Gasteiger charge is -2.14. The van der Waals surface area contributed by atoms with Crippen LogP contribution in [0.2, 0.25) is 0 Å². The van der Waals surface area contributed by atoms with E-state index in [0.29, 0.717) is 34.9 Å². The quantitative estimate of drug-likeness (QED) is 0.106. The molecule has 0 radical (unpaired) electrons. The standard InChI is InChI=1S/2C56H35N5S/c1-5-17-36(18-6-1)39-23-15-24-40(33-39)41-34-47(56-59-54(37-19-7-2-8-20-37)58-55(60-56)38-21-9-3-10-22-38)51(57-35-41)46-29-16-28-45-50-49(62-53(45)46)32-31-44-43-27-13-14-30-48(43)61(52(44)50)42-25-11-4-12-26-42;1-5-16-36(17-6-1)39-22-15-23-40(32-39)42-33-47(56-59-54(37-18-7-2-8-19-37)58-55(60-56)38-20-9-3-10-21-38)52(57-35-42)41-28-29-46-50(34-41)62-49-31-30-45-44-26-13-14-27-48(44)61(53(45)51(46)49)43-24-11-4-12-25-43/h2*1-35H. The number of aromatic nitrogens is 10. The third-order valence-electron chi connectivity index (χ3n) is 23.4. The van der Waals surface area contributed by atoms with Gasteiger partial charge in [-0.15, -0.1) is 22.7 Å². The fourth-order valence-electron chi connectivity index (χ4n) is 17.6. The van der Waals surface area contributed by atoms with E-state index in [1.165, 1.54) is 79.3 Å². The maximum Gasteiger partial charge on any atom is 0.166 e. The molecule has 0 amide bonds. The molecule has 8 aromatic heterocycles. The highest BCUT2D eigenvalue weighted by molar-refractivity contribution is 7.26. The summed E-state index contributed by atoms with van der Waals surface area (Å²) < 4.78 is 9.65. The minimum atomic E-state index is 0.561. The number of nitrogens with zero attached hydrogens (tertiary/aromatic N) is 10. The van der Waals surface area contributed by atoms with Gasteiger partial charge in [0.25, 0.3) is 0 Å². The molecular formula is C112H70N10S2. The first kappa shape index (κ1) is 73.1. The molecule has 0 bridgehead atoms. The summed E-state index contributed by atoms with van der Waals surface area (Å²) in [5.41, 5.74) is 24.7. The van der Waals surface area contributed by atoms with Gasteiger partial charge in [-0.05, 0) is 112 Å². The van der Waals surface area contributed by atoms with Crippen LogP contribution in [0, 0.1) is 0 Å². The number of para-hydroxylation sites is 4. The van der Waals surface area contributed by atoms with Crippen LogP contribution in [-0.2, 0) is 0 Å². The van der Waals surface area contributed by atoms with Gasteiger partial charge < -0.3 is 9.13 Å². The van der Waals surface area contributed by atoms with E-state index in [9.17, 15) is 0 Å². The molecule has 0 aliphatic carbocycles. The number of benzene rings is 16. The molecule has 24 aromatic rings. The van der Waals surface area contributed by atoms with Crippen molar-refractivity contribution in [2.75, 3.05) is 0 Å². The summed E-state index contributed by atoms with van der Waals surface area (Å²) in [6.07, 6.45) is 3.98. The van der Waals surface area contributed by atoms with Crippen molar-refractivity contribution in [3.8, 4) is 147 Å². The molecule has 0 aliphatic heterocycles. The Morgan fingerprint density at radius 3 is 0.984 bits per heavy atom. The van der Waals surface area contributed by atoms with Crippen molar-refractivity contribution < 1.29 is 0 Å². The summed E-state index contributed by atoms with van der Waals surface area (Å²) in [5.74, 6) is 3.54. The van der Waals surface area contributed by atoms with Gasteiger partial charge in [-0.1, -0.05) is 334 Å². The SMILES string of the molecule is c1ccc(-c2cccc(-c3cnc(-c4ccc5c(c4)sc4ccc6c7ccccc7n(-c7ccccc7)c6c45)c(-c4nc(-c5ccccc5)nc(-c5ccccc5)n4)c3)c2)cc1.c1ccc(-c2cccc(-c3cnc(-c4cccc5c4sc4ccc6c7ccccc7n(-c7ccccc7)c6c45)c(-c4nc(-c5ccccc5)nc(-c5ccccc5)n4)c3)c2)cc1. The molecular weight excluding hydrogens is 1550 g/mol. The predicted molar refractivity (Wildman–Crippen MR) is 515 cm³/mol. The van der Waals surface area contributed by atoms with Crippen molar-refractivity contribution in [1.82, 2.24) is 49.0 Å². The van der Waals surface area contributed by atoms with Crippen LogP contribution in [0.5, 0.6) is 0 Å². The van der Waals surface area contributed by atoms with E-state index in [2.05, 4.69) is 288 Å². The topological polar surface area (TPSA) is 113 Å². The molecule has 0 aliphatic rings. The lowest BCUT2D eigenvalue weighted by atomic mass is 9.96. The van der Waals surface area contributed by atoms with E-state index in [1.54, 1.807) is 0 Å². The van der Waals surface area contributed by atoms with E-state index in [1.807, 2.05) is 169 Å². The third-order valence-corrected chi connectivity index (χ3v) is 25.7. The molecule has 12 heteroatoms.